The van der Waals surface area contributed by atoms with Crippen molar-refractivity contribution in [3.63, 3.8) is 0 Å². The van der Waals surface area contributed by atoms with Gasteiger partial charge in [-0.05, 0) is 68.2 Å². The third-order valence-electron chi connectivity index (χ3n) is 5.16. The molecule has 0 radical (unpaired) electrons. The number of pyridine rings is 1. The molecule has 3 rings (SSSR count). The van der Waals surface area contributed by atoms with E-state index in [1.54, 1.807) is 30.5 Å². The van der Waals surface area contributed by atoms with Gasteiger partial charge in [0, 0.05) is 24.8 Å². The molecule has 0 aliphatic carbocycles. The molecule has 0 unspecified atom stereocenters. The number of rotatable bonds is 6. The van der Waals surface area contributed by atoms with Crippen LogP contribution in [0.5, 0.6) is 0 Å². The summed E-state index contributed by atoms with van der Waals surface area (Å²) >= 11 is 0. The molecule has 1 fully saturated rings. The third-order valence-corrected chi connectivity index (χ3v) is 5.16. The maximum Gasteiger partial charge on any atom is 0.252 e. The number of benzene rings is 1. The number of likely N-dealkylation sites (tertiary alicyclic amines) is 1. The fourth-order valence-electron chi connectivity index (χ4n) is 3.37. The van der Waals surface area contributed by atoms with Gasteiger partial charge in [-0.3, -0.25) is 9.78 Å². The van der Waals surface area contributed by atoms with Crippen molar-refractivity contribution >= 4 is 5.91 Å². The highest BCUT2D eigenvalue weighted by Crippen LogP contribution is 2.19. The average Bonchev–Trinajstić information content (AvgIpc) is 2.69. The number of amides is 1. The smallest absolute Gasteiger partial charge is 0.252 e. The zero-order valence-corrected chi connectivity index (χ0v) is 15.2. The van der Waals surface area contributed by atoms with Crippen molar-refractivity contribution in [3.8, 4) is 11.3 Å². The number of halogens is 1. The number of carbonyl (C=O) groups excluding carboxylic acids is 1. The topological polar surface area (TPSA) is 45.2 Å². The van der Waals surface area contributed by atoms with Crippen LogP contribution in [0.15, 0.2) is 42.6 Å². The van der Waals surface area contributed by atoms with Crippen LogP contribution in [-0.2, 0) is 0 Å². The molecule has 0 atom stereocenters. The van der Waals surface area contributed by atoms with E-state index in [1.165, 1.54) is 31.4 Å². The van der Waals surface area contributed by atoms with Crippen molar-refractivity contribution in [2.75, 3.05) is 26.2 Å². The Morgan fingerprint density at radius 3 is 2.54 bits per heavy atom. The van der Waals surface area contributed by atoms with Crippen molar-refractivity contribution in [2.24, 2.45) is 5.92 Å². The molecule has 1 aromatic heterocycles. The molecule has 0 bridgehead atoms. The minimum atomic E-state index is -0.274. The van der Waals surface area contributed by atoms with Crippen LogP contribution in [0.1, 0.15) is 36.5 Å². The van der Waals surface area contributed by atoms with Crippen LogP contribution in [0.4, 0.5) is 4.39 Å². The van der Waals surface area contributed by atoms with E-state index < -0.39 is 0 Å². The molecular formula is C21H26FN3O. The molecule has 1 saturated heterocycles. The average molecular weight is 355 g/mol. The zero-order valence-electron chi connectivity index (χ0n) is 15.2. The van der Waals surface area contributed by atoms with Crippen molar-refractivity contribution < 1.29 is 9.18 Å². The van der Waals surface area contributed by atoms with E-state index in [9.17, 15) is 9.18 Å². The number of aromatic nitrogens is 1. The van der Waals surface area contributed by atoms with Crippen molar-refractivity contribution in [3.05, 3.63) is 54.0 Å². The number of hydrogen-bond donors (Lipinski definition) is 1. The van der Waals surface area contributed by atoms with E-state index in [2.05, 4.69) is 22.1 Å². The van der Waals surface area contributed by atoms with Gasteiger partial charge in [0.15, 0.2) is 0 Å². The predicted molar refractivity (Wildman–Crippen MR) is 101 cm³/mol. The van der Waals surface area contributed by atoms with E-state index in [0.717, 1.165) is 36.8 Å². The Hall–Kier alpha value is -2.27. The molecule has 1 aromatic carbocycles. The van der Waals surface area contributed by atoms with E-state index in [4.69, 9.17) is 0 Å². The summed E-state index contributed by atoms with van der Waals surface area (Å²) in [5, 5.41) is 2.97. The Morgan fingerprint density at radius 2 is 1.92 bits per heavy atom. The monoisotopic (exact) mass is 355 g/mol. The summed E-state index contributed by atoms with van der Waals surface area (Å²) in [4.78, 5) is 19.0. The van der Waals surface area contributed by atoms with Crippen LogP contribution >= 0.6 is 0 Å². The van der Waals surface area contributed by atoms with Gasteiger partial charge in [-0.2, -0.15) is 0 Å². The second-order valence-electron chi connectivity index (χ2n) is 6.89. The van der Waals surface area contributed by atoms with Crippen LogP contribution in [0.3, 0.4) is 0 Å². The Kier molecular flexibility index (Phi) is 6.34. The standard InChI is InChI=1S/C21H26FN3O/c1-2-16-9-12-25(13-10-16)14-11-23-21(26)18-5-8-20(24-15-18)17-3-6-19(22)7-4-17/h3-8,15-16H,2,9-14H2,1H3,(H,23,26). The first-order valence-electron chi connectivity index (χ1n) is 9.38. The minimum absolute atomic E-state index is 0.105. The van der Waals surface area contributed by atoms with Crippen molar-refractivity contribution in [1.82, 2.24) is 15.2 Å². The molecule has 1 amide bonds. The molecule has 1 N–H and O–H groups in total. The van der Waals surface area contributed by atoms with Gasteiger partial charge in [0.05, 0.1) is 11.3 Å². The maximum atomic E-state index is 13.0. The lowest BCUT2D eigenvalue weighted by atomic mass is 9.94. The molecular weight excluding hydrogens is 329 g/mol. The number of nitrogens with one attached hydrogen (secondary N) is 1. The first-order chi connectivity index (χ1) is 12.7. The normalized spacial score (nSPS) is 15.8. The Bertz CT molecular complexity index is 707. The molecule has 1 aliphatic heterocycles. The van der Waals surface area contributed by atoms with Gasteiger partial charge in [0.2, 0.25) is 0 Å². The maximum absolute atomic E-state index is 13.0. The van der Waals surface area contributed by atoms with Gasteiger partial charge < -0.3 is 10.2 Å². The lowest BCUT2D eigenvalue weighted by Gasteiger charge is -2.31. The Balaban J connectivity index is 1.47. The molecule has 0 saturated carbocycles. The lowest BCUT2D eigenvalue weighted by molar-refractivity contribution is 0.0943. The van der Waals surface area contributed by atoms with E-state index in [-0.39, 0.29) is 11.7 Å². The van der Waals surface area contributed by atoms with Gasteiger partial charge >= 0.3 is 0 Å². The van der Waals surface area contributed by atoms with Crippen LogP contribution in [-0.4, -0.2) is 42.0 Å². The summed E-state index contributed by atoms with van der Waals surface area (Å²) in [6.45, 7) is 6.05. The third kappa shape index (κ3) is 4.88. The number of nitrogens with zero attached hydrogens (tertiary/aromatic N) is 2. The van der Waals surface area contributed by atoms with Gasteiger partial charge in [-0.25, -0.2) is 4.39 Å². The number of hydrogen-bond acceptors (Lipinski definition) is 3. The summed E-state index contributed by atoms with van der Waals surface area (Å²) in [6, 6.07) is 9.71. The minimum Gasteiger partial charge on any atom is -0.351 e. The summed E-state index contributed by atoms with van der Waals surface area (Å²) in [5.74, 6) is 0.488. The van der Waals surface area contributed by atoms with Gasteiger partial charge in [-0.15, -0.1) is 0 Å². The van der Waals surface area contributed by atoms with Gasteiger partial charge in [0.1, 0.15) is 5.82 Å². The van der Waals surface area contributed by atoms with E-state index >= 15 is 0 Å². The molecule has 4 nitrogen and oxygen atoms in total. The van der Waals surface area contributed by atoms with Crippen LogP contribution in [0.2, 0.25) is 0 Å². The van der Waals surface area contributed by atoms with E-state index in [0.29, 0.717) is 12.1 Å². The van der Waals surface area contributed by atoms with Gasteiger partial charge in [0.25, 0.3) is 5.91 Å². The van der Waals surface area contributed by atoms with Crippen LogP contribution in [0.25, 0.3) is 11.3 Å². The molecule has 5 heteroatoms. The molecule has 0 spiro atoms. The zero-order chi connectivity index (χ0) is 18.4. The van der Waals surface area contributed by atoms with E-state index in [1.807, 2.05) is 0 Å². The first kappa shape index (κ1) is 18.5. The summed E-state index contributed by atoms with van der Waals surface area (Å²) in [7, 11) is 0. The van der Waals surface area contributed by atoms with Crippen LogP contribution < -0.4 is 5.32 Å². The fraction of sp³-hybridized carbons (Fsp3) is 0.429. The predicted octanol–water partition coefficient (Wildman–Crippen LogP) is 3.74. The van der Waals surface area contributed by atoms with Gasteiger partial charge in [-0.1, -0.05) is 13.3 Å². The second-order valence-corrected chi connectivity index (χ2v) is 6.89. The first-order valence-corrected chi connectivity index (χ1v) is 9.38. The lowest BCUT2D eigenvalue weighted by Crippen LogP contribution is -2.39. The quantitative estimate of drug-likeness (QED) is 0.859. The van der Waals surface area contributed by atoms with Crippen molar-refractivity contribution in [1.29, 1.82) is 0 Å². The highest BCUT2D eigenvalue weighted by atomic mass is 19.1. The largest absolute Gasteiger partial charge is 0.351 e. The van der Waals surface area contributed by atoms with Crippen molar-refractivity contribution in [2.45, 2.75) is 26.2 Å². The number of carbonyl (C=O) groups is 1. The molecule has 1 aliphatic rings. The fourth-order valence-corrected chi connectivity index (χ4v) is 3.37. The highest BCUT2D eigenvalue weighted by molar-refractivity contribution is 5.94. The van der Waals surface area contributed by atoms with Crippen LogP contribution in [0, 0.1) is 11.7 Å². The molecule has 2 aromatic rings. The molecule has 2 heterocycles. The Labute approximate surface area is 154 Å². The highest BCUT2D eigenvalue weighted by Gasteiger charge is 2.17. The molecule has 26 heavy (non-hydrogen) atoms. The SMILES string of the molecule is CCC1CCN(CCNC(=O)c2ccc(-c3ccc(F)cc3)nc2)CC1. The molecule has 138 valence electrons. The summed E-state index contributed by atoms with van der Waals surface area (Å²) in [5.41, 5.74) is 2.09. The number of piperidine rings is 1. The summed E-state index contributed by atoms with van der Waals surface area (Å²) < 4.78 is 13.0. The second kappa shape index (κ2) is 8.90. The Morgan fingerprint density at radius 1 is 1.19 bits per heavy atom. The summed E-state index contributed by atoms with van der Waals surface area (Å²) in [6.07, 6.45) is 5.37.